The third-order valence-corrected chi connectivity index (χ3v) is 13.2. The molecule has 0 fully saturated rings. The molecule has 4 rings (SSSR count). The van der Waals surface area contributed by atoms with Crippen molar-refractivity contribution in [2.24, 2.45) is 10.7 Å². The topological polar surface area (TPSA) is 115 Å². The van der Waals surface area contributed by atoms with Crippen LogP contribution >= 0.6 is 43.0 Å². The average molecular weight is 740 g/mol. The van der Waals surface area contributed by atoms with Crippen molar-refractivity contribution in [3.05, 3.63) is 89.1 Å². The number of benzene rings is 2. The van der Waals surface area contributed by atoms with E-state index in [2.05, 4.69) is 11.9 Å². The molecule has 226 valence electrons. The van der Waals surface area contributed by atoms with E-state index in [9.17, 15) is 23.1 Å². The number of carbonyl (C=O) groups excluding carboxylic acids is 1. The number of carbonyl (C=O) groups is 1. The summed E-state index contributed by atoms with van der Waals surface area (Å²) in [6.45, 7) is 2.26. The number of aliphatic hydroxyl groups excluding tert-OH is 1. The van der Waals surface area contributed by atoms with E-state index in [4.69, 9.17) is 39.3 Å². The molecule has 5 N–H and O–H groups in total. The van der Waals surface area contributed by atoms with Crippen molar-refractivity contribution < 1.29 is 27.5 Å². The molecule has 42 heavy (non-hydrogen) atoms. The molecule has 1 aliphatic carbocycles. The number of nitrogens with two attached hydrogens (primary N) is 1. The predicted octanol–water partition coefficient (Wildman–Crippen LogP) is 6.66. The number of amidine groups is 1. The first-order chi connectivity index (χ1) is 19.7. The van der Waals surface area contributed by atoms with Crippen LogP contribution in [0.3, 0.4) is 0 Å². The Morgan fingerprint density at radius 1 is 1.24 bits per heavy atom. The van der Waals surface area contributed by atoms with Gasteiger partial charge in [0.05, 0.1) is 0 Å². The number of nitrogens with zero attached hydrogens (tertiary/aromatic N) is 2. The molecule has 2 amide bonds. The number of aliphatic imine (C=N–C) groups is 1. The molecule has 0 spiro atoms. The average Bonchev–Trinajstić information content (AvgIpc) is 2.93. The minimum absolute atomic E-state index is 0.0348. The summed E-state index contributed by atoms with van der Waals surface area (Å²) < 4.78 is 57.6. The monoisotopic (exact) mass is 739 g/mol. The molecule has 0 aromatic heterocycles. The molecule has 2 aliphatic rings. The molecule has 0 saturated carbocycles. The number of nitrogens with one attached hydrogen (secondary N) is 2. The van der Waals surface area contributed by atoms with Gasteiger partial charge in [0.1, 0.15) is 0 Å². The van der Waals surface area contributed by atoms with E-state index < -0.39 is 56.2 Å². The quantitative estimate of drug-likeness (QED) is 0.0636. The van der Waals surface area contributed by atoms with Crippen molar-refractivity contribution in [2.45, 2.75) is 37.2 Å². The molecule has 14 heteroatoms. The van der Waals surface area contributed by atoms with E-state index in [-0.39, 0.29) is 37.1 Å². The molecule has 0 bridgehead atoms. The van der Waals surface area contributed by atoms with Gasteiger partial charge in [0.2, 0.25) is 0 Å². The number of alkyl halides is 5. The Bertz CT molecular complexity index is 1450. The van der Waals surface area contributed by atoms with Gasteiger partial charge in [0.15, 0.2) is 0 Å². The van der Waals surface area contributed by atoms with Gasteiger partial charge < -0.3 is 0 Å². The Hall–Kier alpha value is -2.68. The van der Waals surface area contributed by atoms with Crippen molar-refractivity contribution in [3.63, 3.8) is 0 Å². The van der Waals surface area contributed by atoms with Crippen LogP contribution in [-0.4, -0.2) is 63.2 Å². The number of allylic oxidation sites excluding steroid dienone is 2. The zero-order valence-corrected chi connectivity index (χ0v) is 25.8. The summed E-state index contributed by atoms with van der Waals surface area (Å²) in [5.41, 5.74) is 5.37. The van der Waals surface area contributed by atoms with Crippen LogP contribution < -0.4 is 11.1 Å². The SMILES string of the molecule is C=C(N)C1(F)CCC2=C(C1)I(c1cccc(Cl)c1)CN=C2CNC(=O)N(C[C@H](O)C(F)(F)F)C(=N)c1ccc(Cl)cc1. The number of hydrogen-bond donors (Lipinski definition) is 4. The number of urea groups is 1. The summed E-state index contributed by atoms with van der Waals surface area (Å²) in [6.07, 6.45) is -7.52. The first-order valence-electron chi connectivity index (χ1n) is 12.6. The van der Waals surface area contributed by atoms with Crippen LogP contribution in [0.2, 0.25) is 10.0 Å². The summed E-state index contributed by atoms with van der Waals surface area (Å²) in [4.78, 5) is 18.4. The number of rotatable bonds is 7. The molecular weight excluding hydrogens is 712 g/mol. The van der Waals surface area contributed by atoms with Crippen molar-refractivity contribution in [2.75, 3.05) is 17.6 Å². The Labute approximate surface area is 257 Å². The van der Waals surface area contributed by atoms with Crippen LogP contribution in [0, 0.1) is 8.98 Å². The van der Waals surface area contributed by atoms with Crippen molar-refractivity contribution in [1.29, 1.82) is 5.41 Å². The second-order valence-electron chi connectivity index (χ2n) is 9.76. The van der Waals surface area contributed by atoms with Gasteiger partial charge in [-0.15, -0.1) is 0 Å². The van der Waals surface area contributed by atoms with E-state index >= 15 is 4.39 Å². The second kappa shape index (κ2) is 12.9. The molecule has 1 aliphatic heterocycles. The third kappa shape index (κ3) is 7.26. The number of aliphatic hydroxyl groups is 1. The Morgan fingerprint density at radius 3 is 2.55 bits per heavy atom. The molecule has 7 nitrogen and oxygen atoms in total. The summed E-state index contributed by atoms with van der Waals surface area (Å²) >= 11 is 9.85. The van der Waals surface area contributed by atoms with Gasteiger partial charge in [-0.3, -0.25) is 0 Å². The fourth-order valence-electron chi connectivity index (χ4n) is 4.53. The molecule has 2 aromatic rings. The van der Waals surface area contributed by atoms with E-state index in [0.29, 0.717) is 25.2 Å². The third-order valence-electron chi connectivity index (χ3n) is 6.93. The molecule has 1 unspecified atom stereocenters. The van der Waals surface area contributed by atoms with Gasteiger partial charge in [0.25, 0.3) is 0 Å². The molecule has 2 aromatic carbocycles. The van der Waals surface area contributed by atoms with Crippen molar-refractivity contribution in [1.82, 2.24) is 10.2 Å². The number of halogens is 7. The molecule has 0 saturated heterocycles. The van der Waals surface area contributed by atoms with E-state index in [1.165, 1.54) is 24.3 Å². The van der Waals surface area contributed by atoms with E-state index in [1.54, 1.807) is 6.07 Å². The fraction of sp³-hybridized carbons (Fsp3) is 0.321. The zero-order chi connectivity index (χ0) is 30.8. The number of amides is 2. The minimum atomic E-state index is -5.01. The molecule has 0 radical (unpaired) electrons. The maximum atomic E-state index is 15.8. The van der Waals surface area contributed by atoms with Gasteiger partial charge >= 0.3 is 247 Å². The molecule has 2 atom stereocenters. The van der Waals surface area contributed by atoms with E-state index in [1.807, 2.05) is 18.2 Å². The van der Waals surface area contributed by atoms with Crippen LogP contribution in [0.1, 0.15) is 24.8 Å². The van der Waals surface area contributed by atoms with Crippen molar-refractivity contribution >= 4 is 60.6 Å². The fourth-order valence-corrected chi connectivity index (χ4v) is 11.1. The summed E-state index contributed by atoms with van der Waals surface area (Å²) in [6, 6.07) is 11.9. The Balaban J connectivity index is 1.60. The first kappa shape index (κ1) is 32.2. The normalized spacial score (nSPS) is 20.4. The van der Waals surface area contributed by atoms with E-state index in [0.717, 1.165) is 12.7 Å². The Kier molecular flexibility index (Phi) is 9.90. The standard InChI is InChI=1S/C28H28Cl2F4IN5O2/c1-16(36)27(31)10-9-21-22(12-27)35(20-4-2-3-19(30)11-20)15-39-23(21)13-38-26(42)40(14-24(41)28(32,33)34)25(37)17-5-7-18(29)8-6-17/h2-8,11,24,37,41H,1,9-10,12-15,36H2,(H,38,42)/t24-,27?/m0/s1. The second-order valence-corrected chi connectivity index (χ2v) is 15.9. The van der Waals surface area contributed by atoms with Gasteiger partial charge in [0, 0.05) is 0 Å². The first-order valence-corrected chi connectivity index (χ1v) is 17.1. The molecule has 1 heterocycles. The van der Waals surface area contributed by atoms with Crippen molar-refractivity contribution in [3.8, 4) is 0 Å². The van der Waals surface area contributed by atoms with Gasteiger partial charge in [-0.25, -0.2) is 0 Å². The summed E-state index contributed by atoms with van der Waals surface area (Å²) in [5.74, 6) is -0.561. The van der Waals surface area contributed by atoms with Crippen LogP contribution in [0.25, 0.3) is 0 Å². The van der Waals surface area contributed by atoms with Crippen LogP contribution in [0.5, 0.6) is 0 Å². The Morgan fingerprint density at radius 2 is 1.93 bits per heavy atom. The zero-order valence-electron chi connectivity index (χ0n) is 22.1. The maximum absolute atomic E-state index is 15.8. The van der Waals surface area contributed by atoms with Crippen LogP contribution in [0.4, 0.5) is 22.4 Å². The number of hydrogen-bond acceptors (Lipinski definition) is 5. The summed E-state index contributed by atoms with van der Waals surface area (Å²) in [7, 11) is 0. The summed E-state index contributed by atoms with van der Waals surface area (Å²) in [5, 5.41) is 21.6. The van der Waals surface area contributed by atoms with Gasteiger partial charge in [-0.05, 0) is 0 Å². The van der Waals surface area contributed by atoms with Gasteiger partial charge in [-0.2, -0.15) is 0 Å². The predicted molar refractivity (Wildman–Crippen MR) is 165 cm³/mol. The molecular formula is C28H28Cl2F4IN5O2. The van der Waals surface area contributed by atoms with Crippen LogP contribution in [-0.2, 0) is 0 Å². The van der Waals surface area contributed by atoms with Crippen LogP contribution in [0.15, 0.2) is 75.0 Å². The van der Waals surface area contributed by atoms with Gasteiger partial charge in [-0.1, -0.05) is 11.6 Å².